The number of benzene rings is 3. The Labute approximate surface area is 189 Å². The van der Waals surface area contributed by atoms with Crippen LogP contribution in [0.5, 0.6) is 5.75 Å². The van der Waals surface area contributed by atoms with Gasteiger partial charge in [0.05, 0.1) is 11.3 Å². The minimum atomic E-state index is -4.34. The number of hydrazone groups is 1. The van der Waals surface area contributed by atoms with Gasteiger partial charge in [0.25, 0.3) is 0 Å². The van der Waals surface area contributed by atoms with E-state index in [9.17, 15) is 13.2 Å². The Morgan fingerprint density at radius 3 is 2.00 bits per heavy atom. The van der Waals surface area contributed by atoms with E-state index in [0.717, 1.165) is 28.8 Å². The molecule has 0 aromatic heterocycles. The fourth-order valence-electron chi connectivity index (χ4n) is 2.89. The molecule has 0 radical (unpaired) electrons. The highest BCUT2D eigenvalue weighted by Crippen LogP contribution is 2.31. The van der Waals surface area contributed by atoms with Gasteiger partial charge in [0.1, 0.15) is 19.0 Å². The van der Waals surface area contributed by atoms with Crippen molar-refractivity contribution in [3.63, 3.8) is 0 Å². The van der Waals surface area contributed by atoms with Crippen molar-refractivity contribution >= 4 is 11.5 Å². The summed E-state index contributed by atoms with van der Waals surface area (Å²) >= 11 is 0. The Bertz CT molecular complexity index is 1110. The first kappa shape index (κ1) is 23.6. The first-order chi connectivity index (χ1) is 15.8. The van der Waals surface area contributed by atoms with Crippen LogP contribution in [0.1, 0.15) is 23.6 Å². The Hall–Kier alpha value is -4.01. The van der Waals surface area contributed by atoms with E-state index in [4.69, 9.17) is 21.2 Å². The molecule has 172 valence electrons. The Morgan fingerprint density at radius 1 is 0.879 bits per heavy atom. The zero-order chi connectivity index (χ0) is 23.8. The average molecular weight is 456 g/mol. The van der Waals surface area contributed by atoms with Gasteiger partial charge in [-0.1, -0.05) is 41.6 Å². The largest absolute Gasteiger partial charge is 0.486 e. The van der Waals surface area contributed by atoms with Gasteiger partial charge in [-0.15, -0.1) is 0 Å². The van der Waals surface area contributed by atoms with Gasteiger partial charge in [-0.25, -0.2) is 0 Å². The van der Waals surface area contributed by atoms with E-state index in [0.29, 0.717) is 17.0 Å². The summed E-state index contributed by atoms with van der Waals surface area (Å²) in [5.41, 5.74) is 8.76. The first-order valence-electron chi connectivity index (χ1n) is 9.95. The van der Waals surface area contributed by atoms with Crippen molar-refractivity contribution in [2.24, 2.45) is 21.8 Å². The number of nitrogens with zero attached hydrogens (tertiary/aromatic N) is 2. The highest BCUT2D eigenvalue weighted by Gasteiger charge is 2.29. The standard InChI is InChI=1S/C24H23F3N4O2/c1-16(18-8-12-22(13-9-18)32-15-23(28)30-29)31-33-14-17-2-4-19(5-3-17)20-6-10-21(11-7-20)24(25,26)27/h2-13H,14-15,29H2,1H3,(H2,28,30)/b31-16+. The van der Waals surface area contributed by atoms with Crippen molar-refractivity contribution in [2.75, 3.05) is 6.61 Å². The van der Waals surface area contributed by atoms with E-state index >= 15 is 0 Å². The predicted octanol–water partition coefficient (Wildman–Crippen LogP) is 4.92. The van der Waals surface area contributed by atoms with Crippen LogP contribution in [-0.2, 0) is 17.6 Å². The summed E-state index contributed by atoms with van der Waals surface area (Å²) in [6, 6.07) is 19.7. The average Bonchev–Trinajstić information content (AvgIpc) is 2.82. The predicted molar refractivity (Wildman–Crippen MR) is 122 cm³/mol. The lowest BCUT2D eigenvalue weighted by Gasteiger charge is -2.08. The minimum absolute atomic E-state index is 0.101. The number of oxime groups is 1. The lowest BCUT2D eigenvalue weighted by molar-refractivity contribution is -0.137. The fourth-order valence-corrected chi connectivity index (χ4v) is 2.89. The van der Waals surface area contributed by atoms with Gasteiger partial charge in [0.15, 0.2) is 5.84 Å². The molecule has 0 saturated carbocycles. The number of hydrogen-bond acceptors (Lipinski definition) is 5. The maximum atomic E-state index is 12.7. The van der Waals surface area contributed by atoms with Crippen LogP contribution in [0.15, 0.2) is 83.1 Å². The Kier molecular flexibility index (Phi) is 7.55. The maximum absolute atomic E-state index is 12.7. The number of rotatable bonds is 8. The van der Waals surface area contributed by atoms with E-state index in [-0.39, 0.29) is 19.0 Å². The lowest BCUT2D eigenvalue weighted by Crippen LogP contribution is -2.22. The smallest absolute Gasteiger partial charge is 0.416 e. The van der Waals surface area contributed by atoms with Gasteiger partial charge in [-0.05, 0) is 65.6 Å². The van der Waals surface area contributed by atoms with Crippen LogP contribution < -0.4 is 16.3 Å². The molecule has 0 spiro atoms. The van der Waals surface area contributed by atoms with Crippen LogP contribution in [-0.4, -0.2) is 18.2 Å². The molecule has 0 heterocycles. The van der Waals surface area contributed by atoms with Crippen molar-refractivity contribution in [2.45, 2.75) is 19.7 Å². The minimum Gasteiger partial charge on any atom is -0.486 e. The molecule has 0 unspecified atom stereocenters. The van der Waals surface area contributed by atoms with Crippen LogP contribution in [0.2, 0.25) is 0 Å². The van der Waals surface area contributed by atoms with Gasteiger partial charge in [-0.3, -0.25) is 0 Å². The highest BCUT2D eigenvalue weighted by molar-refractivity contribution is 5.98. The number of alkyl halides is 3. The summed E-state index contributed by atoms with van der Waals surface area (Å²) in [5.74, 6) is 5.87. The molecule has 3 aromatic carbocycles. The molecule has 0 bridgehead atoms. The molecular formula is C24H23F3N4O2. The van der Waals surface area contributed by atoms with Crippen molar-refractivity contribution in [1.82, 2.24) is 0 Å². The normalized spacial score (nSPS) is 12.5. The third kappa shape index (κ3) is 6.73. The van der Waals surface area contributed by atoms with E-state index in [2.05, 4.69) is 10.3 Å². The molecule has 9 heteroatoms. The molecular weight excluding hydrogens is 433 g/mol. The first-order valence-corrected chi connectivity index (χ1v) is 9.95. The van der Waals surface area contributed by atoms with Crippen LogP contribution in [0.3, 0.4) is 0 Å². The third-order valence-electron chi connectivity index (χ3n) is 4.76. The molecule has 0 amide bonds. The third-order valence-corrected chi connectivity index (χ3v) is 4.76. The van der Waals surface area contributed by atoms with Crippen LogP contribution >= 0.6 is 0 Å². The second kappa shape index (κ2) is 10.5. The van der Waals surface area contributed by atoms with E-state index in [1.807, 2.05) is 43.3 Å². The van der Waals surface area contributed by atoms with E-state index in [1.165, 1.54) is 12.1 Å². The van der Waals surface area contributed by atoms with Gasteiger partial charge in [0, 0.05) is 0 Å². The SMILES string of the molecule is C/C(=N\OCc1ccc(-c2ccc(C(F)(F)F)cc2)cc1)c1ccc(OC/C(N)=N/N)cc1. The Balaban J connectivity index is 1.54. The quantitative estimate of drug-likeness (QED) is 0.218. The number of ether oxygens (including phenoxy) is 1. The summed E-state index contributed by atoms with van der Waals surface area (Å²) in [6.45, 7) is 2.18. The molecule has 3 rings (SSSR count). The Morgan fingerprint density at radius 2 is 1.45 bits per heavy atom. The van der Waals surface area contributed by atoms with Crippen molar-refractivity contribution in [1.29, 1.82) is 0 Å². The molecule has 6 nitrogen and oxygen atoms in total. The molecule has 0 fully saturated rings. The van der Waals surface area contributed by atoms with Crippen molar-refractivity contribution in [3.8, 4) is 16.9 Å². The van der Waals surface area contributed by atoms with Crippen molar-refractivity contribution < 1.29 is 22.7 Å². The molecule has 3 aromatic rings. The topological polar surface area (TPSA) is 95.2 Å². The van der Waals surface area contributed by atoms with Crippen LogP contribution in [0.4, 0.5) is 13.2 Å². The van der Waals surface area contributed by atoms with Gasteiger partial charge in [-0.2, -0.15) is 18.3 Å². The molecule has 33 heavy (non-hydrogen) atoms. The number of halogens is 3. The van der Waals surface area contributed by atoms with E-state index in [1.54, 1.807) is 12.1 Å². The summed E-state index contributed by atoms with van der Waals surface area (Å²) in [4.78, 5) is 5.44. The fraction of sp³-hybridized carbons (Fsp3) is 0.167. The van der Waals surface area contributed by atoms with Crippen LogP contribution in [0.25, 0.3) is 11.1 Å². The summed E-state index contributed by atoms with van der Waals surface area (Å²) in [5, 5.41) is 7.47. The van der Waals surface area contributed by atoms with Gasteiger partial charge >= 0.3 is 6.18 Å². The number of hydrogen-bond donors (Lipinski definition) is 2. The second-order valence-electron chi connectivity index (χ2n) is 7.16. The zero-order valence-electron chi connectivity index (χ0n) is 17.8. The lowest BCUT2D eigenvalue weighted by atomic mass is 10.0. The zero-order valence-corrected chi connectivity index (χ0v) is 17.8. The van der Waals surface area contributed by atoms with Gasteiger partial charge < -0.3 is 21.2 Å². The molecule has 4 N–H and O–H groups in total. The monoisotopic (exact) mass is 456 g/mol. The van der Waals surface area contributed by atoms with E-state index < -0.39 is 11.7 Å². The van der Waals surface area contributed by atoms with Gasteiger partial charge in [0.2, 0.25) is 0 Å². The maximum Gasteiger partial charge on any atom is 0.416 e. The van der Waals surface area contributed by atoms with Crippen molar-refractivity contribution in [3.05, 3.63) is 89.5 Å². The molecule has 0 aliphatic heterocycles. The number of nitrogens with two attached hydrogens (primary N) is 2. The molecule has 0 aliphatic rings. The van der Waals surface area contributed by atoms with Crippen LogP contribution in [0, 0.1) is 0 Å². The summed E-state index contributed by atoms with van der Waals surface area (Å²) < 4.78 is 43.6. The summed E-state index contributed by atoms with van der Waals surface area (Å²) in [6.07, 6.45) is -4.34. The molecule has 0 atom stereocenters. The highest BCUT2D eigenvalue weighted by atomic mass is 19.4. The molecule has 0 aliphatic carbocycles. The molecule has 0 saturated heterocycles. The summed E-state index contributed by atoms with van der Waals surface area (Å²) in [7, 11) is 0. The second-order valence-corrected chi connectivity index (χ2v) is 7.16. The number of amidine groups is 1.